The molecular weight excluding hydrogens is 202 g/mol. The second-order valence-electron chi connectivity index (χ2n) is 4.06. The summed E-state index contributed by atoms with van der Waals surface area (Å²) in [7, 11) is 3.89. The summed E-state index contributed by atoms with van der Waals surface area (Å²) in [5.74, 6) is 0. The summed E-state index contributed by atoms with van der Waals surface area (Å²) in [6, 6.07) is 2.02. The van der Waals surface area contributed by atoms with Crippen molar-refractivity contribution in [3.05, 3.63) is 36.2 Å². The fourth-order valence-corrected chi connectivity index (χ4v) is 1.72. The molecule has 2 N–H and O–H groups in total. The molecule has 2 aromatic rings. The van der Waals surface area contributed by atoms with Crippen molar-refractivity contribution >= 4 is 0 Å². The van der Waals surface area contributed by atoms with Crippen molar-refractivity contribution in [2.45, 2.75) is 18.9 Å². The highest BCUT2D eigenvalue weighted by Gasteiger charge is 2.09. The molecule has 1 atom stereocenters. The molecule has 0 radical (unpaired) electrons. The Hall–Kier alpha value is -1.62. The molecule has 0 aromatic carbocycles. The second-order valence-corrected chi connectivity index (χ2v) is 4.06. The zero-order valence-electron chi connectivity index (χ0n) is 9.67. The summed E-state index contributed by atoms with van der Waals surface area (Å²) in [5, 5.41) is 4.13. The number of nitrogens with zero attached hydrogens (tertiary/aromatic N) is 4. The highest BCUT2D eigenvalue weighted by atomic mass is 15.2. The van der Waals surface area contributed by atoms with Crippen LogP contribution in [0.2, 0.25) is 0 Å². The van der Waals surface area contributed by atoms with E-state index in [0.717, 1.165) is 18.5 Å². The molecule has 0 aliphatic heterocycles. The van der Waals surface area contributed by atoms with E-state index in [1.807, 2.05) is 41.8 Å². The Balaban J connectivity index is 1.93. The summed E-state index contributed by atoms with van der Waals surface area (Å²) in [6.07, 6.45) is 7.36. The molecule has 1 unspecified atom stereocenters. The molecule has 0 amide bonds. The van der Waals surface area contributed by atoms with Crippen LogP contribution in [0, 0.1) is 0 Å². The molecule has 0 bridgehead atoms. The van der Waals surface area contributed by atoms with Crippen molar-refractivity contribution in [1.29, 1.82) is 0 Å². The van der Waals surface area contributed by atoms with Gasteiger partial charge in [0, 0.05) is 38.2 Å². The minimum absolute atomic E-state index is 0.00361. The van der Waals surface area contributed by atoms with E-state index in [2.05, 4.69) is 10.1 Å². The van der Waals surface area contributed by atoms with Crippen LogP contribution >= 0.6 is 0 Å². The first kappa shape index (κ1) is 10.9. The average molecular weight is 219 g/mol. The van der Waals surface area contributed by atoms with Crippen LogP contribution in [0.5, 0.6) is 0 Å². The minimum atomic E-state index is -0.00361. The Morgan fingerprint density at radius 2 is 2.25 bits per heavy atom. The van der Waals surface area contributed by atoms with Gasteiger partial charge in [-0.25, -0.2) is 4.98 Å². The fourth-order valence-electron chi connectivity index (χ4n) is 1.72. The summed E-state index contributed by atoms with van der Waals surface area (Å²) >= 11 is 0. The van der Waals surface area contributed by atoms with E-state index in [0.29, 0.717) is 0 Å². The molecule has 0 aliphatic carbocycles. The van der Waals surface area contributed by atoms with Crippen LogP contribution in [0.15, 0.2) is 24.8 Å². The van der Waals surface area contributed by atoms with Crippen molar-refractivity contribution in [2.24, 2.45) is 19.8 Å². The van der Waals surface area contributed by atoms with E-state index in [1.165, 1.54) is 5.69 Å². The normalized spacial score (nSPS) is 12.9. The standard InChI is InChI=1S/C11H17N5/c1-15-7-11(13-8-15)10(12)4-3-9-5-6-14-16(9)2/h5-8,10H,3-4,12H2,1-2H3. The Labute approximate surface area is 94.9 Å². The predicted molar refractivity (Wildman–Crippen MR) is 61.7 cm³/mol. The summed E-state index contributed by atoms with van der Waals surface area (Å²) in [6.45, 7) is 0. The van der Waals surface area contributed by atoms with Crippen molar-refractivity contribution in [1.82, 2.24) is 19.3 Å². The van der Waals surface area contributed by atoms with Crippen molar-refractivity contribution in [3.8, 4) is 0 Å². The van der Waals surface area contributed by atoms with E-state index < -0.39 is 0 Å². The van der Waals surface area contributed by atoms with Gasteiger partial charge in [0.2, 0.25) is 0 Å². The molecule has 0 saturated heterocycles. The van der Waals surface area contributed by atoms with Crippen LogP contribution in [0.25, 0.3) is 0 Å². The first-order chi connectivity index (χ1) is 7.66. The third kappa shape index (κ3) is 2.30. The highest BCUT2D eigenvalue weighted by Crippen LogP contribution is 2.14. The maximum absolute atomic E-state index is 6.07. The second kappa shape index (κ2) is 4.49. The van der Waals surface area contributed by atoms with Crippen LogP contribution in [-0.4, -0.2) is 19.3 Å². The molecule has 2 heterocycles. The monoisotopic (exact) mass is 219 g/mol. The Bertz CT molecular complexity index is 456. The number of aromatic nitrogens is 4. The molecule has 0 fully saturated rings. The molecule has 0 spiro atoms. The third-order valence-corrected chi connectivity index (χ3v) is 2.74. The minimum Gasteiger partial charge on any atom is -0.340 e. The molecule has 0 saturated carbocycles. The lowest BCUT2D eigenvalue weighted by atomic mass is 10.1. The Morgan fingerprint density at radius 3 is 2.81 bits per heavy atom. The van der Waals surface area contributed by atoms with Crippen molar-refractivity contribution in [3.63, 3.8) is 0 Å². The third-order valence-electron chi connectivity index (χ3n) is 2.74. The highest BCUT2D eigenvalue weighted by molar-refractivity contribution is 5.05. The summed E-state index contributed by atoms with van der Waals surface area (Å²) in [4.78, 5) is 4.25. The van der Waals surface area contributed by atoms with Crippen LogP contribution in [-0.2, 0) is 20.5 Å². The van der Waals surface area contributed by atoms with Crippen LogP contribution in [0.3, 0.4) is 0 Å². The van der Waals surface area contributed by atoms with Crippen LogP contribution < -0.4 is 5.73 Å². The van der Waals surface area contributed by atoms with Gasteiger partial charge in [0.15, 0.2) is 0 Å². The van der Waals surface area contributed by atoms with Crippen LogP contribution in [0.1, 0.15) is 23.9 Å². The molecule has 5 heteroatoms. The number of rotatable bonds is 4. The van der Waals surface area contributed by atoms with Gasteiger partial charge < -0.3 is 10.3 Å². The Morgan fingerprint density at radius 1 is 1.44 bits per heavy atom. The topological polar surface area (TPSA) is 61.7 Å². The quantitative estimate of drug-likeness (QED) is 0.826. The summed E-state index contributed by atoms with van der Waals surface area (Å²) < 4.78 is 3.80. The SMILES string of the molecule is Cn1cnc(C(N)CCc2ccnn2C)c1. The molecule has 16 heavy (non-hydrogen) atoms. The molecule has 2 aromatic heterocycles. The van der Waals surface area contributed by atoms with E-state index >= 15 is 0 Å². The largest absolute Gasteiger partial charge is 0.340 e. The van der Waals surface area contributed by atoms with Gasteiger partial charge in [-0.2, -0.15) is 5.10 Å². The maximum atomic E-state index is 6.07. The van der Waals surface area contributed by atoms with Gasteiger partial charge in [0.25, 0.3) is 0 Å². The zero-order valence-corrected chi connectivity index (χ0v) is 9.67. The lowest BCUT2D eigenvalue weighted by Gasteiger charge is -2.08. The number of hydrogen-bond donors (Lipinski definition) is 1. The molecule has 86 valence electrons. The van der Waals surface area contributed by atoms with E-state index in [9.17, 15) is 0 Å². The van der Waals surface area contributed by atoms with E-state index in [-0.39, 0.29) is 6.04 Å². The molecule has 5 nitrogen and oxygen atoms in total. The van der Waals surface area contributed by atoms with E-state index in [4.69, 9.17) is 5.73 Å². The number of aryl methyl sites for hydroxylation is 3. The maximum Gasteiger partial charge on any atom is 0.0947 e. The zero-order chi connectivity index (χ0) is 11.5. The van der Waals surface area contributed by atoms with Gasteiger partial charge >= 0.3 is 0 Å². The van der Waals surface area contributed by atoms with Crippen molar-refractivity contribution in [2.75, 3.05) is 0 Å². The molecule has 2 rings (SSSR count). The van der Waals surface area contributed by atoms with Gasteiger partial charge in [-0.1, -0.05) is 0 Å². The van der Waals surface area contributed by atoms with Gasteiger partial charge in [-0.15, -0.1) is 0 Å². The smallest absolute Gasteiger partial charge is 0.0947 e. The van der Waals surface area contributed by atoms with E-state index in [1.54, 1.807) is 6.33 Å². The van der Waals surface area contributed by atoms with Crippen molar-refractivity contribution < 1.29 is 0 Å². The molecule has 0 aliphatic rings. The number of imidazole rings is 1. The molecular formula is C11H17N5. The van der Waals surface area contributed by atoms with Gasteiger partial charge in [-0.3, -0.25) is 4.68 Å². The number of hydrogen-bond acceptors (Lipinski definition) is 3. The summed E-state index contributed by atoms with van der Waals surface area (Å²) in [5.41, 5.74) is 8.22. The fraction of sp³-hybridized carbons (Fsp3) is 0.455. The number of nitrogens with two attached hydrogens (primary N) is 1. The lowest BCUT2D eigenvalue weighted by Crippen LogP contribution is -2.12. The predicted octanol–water partition coefficient (Wildman–Crippen LogP) is 0.786. The average Bonchev–Trinajstić information content (AvgIpc) is 2.84. The van der Waals surface area contributed by atoms with Gasteiger partial charge in [0.1, 0.15) is 0 Å². The van der Waals surface area contributed by atoms with Gasteiger partial charge in [-0.05, 0) is 18.9 Å². The lowest BCUT2D eigenvalue weighted by molar-refractivity contribution is 0.604. The van der Waals surface area contributed by atoms with Gasteiger partial charge in [0.05, 0.1) is 12.0 Å². The Kier molecular flexibility index (Phi) is 3.05. The van der Waals surface area contributed by atoms with Crippen LogP contribution in [0.4, 0.5) is 0 Å². The first-order valence-electron chi connectivity index (χ1n) is 5.37. The first-order valence-corrected chi connectivity index (χ1v) is 5.37.